The van der Waals surface area contributed by atoms with Crippen molar-refractivity contribution in [3.05, 3.63) is 16.1 Å². The maximum Gasteiger partial charge on any atom is 0.427 e. The van der Waals surface area contributed by atoms with E-state index >= 15 is 0 Å². The van der Waals surface area contributed by atoms with Crippen LogP contribution in [0.15, 0.2) is 6.20 Å². The lowest BCUT2D eigenvalue weighted by Gasteiger charge is -2.40. The number of amides is 1. The van der Waals surface area contributed by atoms with E-state index in [9.17, 15) is 18.0 Å². The summed E-state index contributed by atoms with van der Waals surface area (Å²) >= 11 is 0.703. The summed E-state index contributed by atoms with van der Waals surface area (Å²) < 4.78 is 37.9. The summed E-state index contributed by atoms with van der Waals surface area (Å²) in [4.78, 5) is 19.2. The third-order valence-corrected chi connectivity index (χ3v) is 5.27. The standard InChI is InChI=1S/C14H19F3N4OS.ClH/c15-14(16,17)11-6-19-12(23-11)9-20-4-1-2-10(8-20)21-5-3-18-7-13(21)22;/h6,10,18H,1-5,7-9H2;1H. The molecule has 2 aliphatic heterocycles. The summed E-state index contributed by atoms with van der Waals surface area (Å²) in [5.41, 5.74) is 0. The van der Waals surface area contributed by atoms with Gasteiger partial charge in [-0.25, -0.2) is 4.98 Å². The molecule has 0 spiro atoms. The monoisotopic (exact) mass is 384 g/mol. The number of nitrogens with zero attached hydrogens (tertiary/aromatic N) is 3. The van der Waals surface area contributed by atoms with Gasteiger partial charge in [-0.05, 0) is 19.4 Å². The van der Waals surface area contributed by atoms with Crippen molar-refractivity contribution in [3.8, 4) is 0 Å². The van der Waals surface area contributed by atoms with E-state index in [4.69, 9.17) is 0 Å². The Labute approximate surface area is 148 Å². The zero-order valence-corrected chi connectivity index (χ0v) is 14.6. The van der Waals surface area contributed by atoms with Crippen LogP contribution in [0.1, 0.15) is 22.7 Å². The lowest BCUT2D eigenvalue weighted by atomic mass is 10.0. The van der Waals surface area contributed by atoms with Gasteiger partial charge in [-0.15, -0.1) is 23.7 Å². The fourth-order valence-corrected chi connectivity index (χ4v) is 3.97. The van der Waals surface area contributed by atoms with E-state index < -0.39 is 11.1 Å². The number of aromatic nitrogens is 1. The summed E-state index contributed by atoms with van der Waals surface area (Å²) in [5, 5.41) is 3.53. The summed E-state index contributed by atoms with van der Waals surface area (Å²) in [7, 11) is 0. The first-order chi connectivity index (χ1) is 10.9. The van der Waals surface area contributed by atoms with E-state index in [-0.39, 0.29) is 24.4 Å². The minimum Gasteiger partial charge on any atom is -0.336 e. The van der Waals surface area contributed by atoms with Crippen LogP contribution in [0.25, 0.3) is 0 Å². The maximum absolute atomic E-state index is 12.6. The molecule has 2 aliphatic rings. The number of alkyl halides is 3. The van der Waals surface area contributed by atoms with Gasteiger partial charge in [0.15, 0.2) is 0 Å². The van der Waals surface area contributed by atoms with Crippen LogP contribution in [0.4, 0.5) is 13.2 Å². The van der Waals surface area contributed by atoms with Crippen molar-refractivity contribution in [2.24, 2.45) is 0 Å². The van der Waals surface area contributed by atoms with Gasteiger partial charge in [-0.1, -0.05) is 0 Å². The molecule has 1 aromatic heterocycles. The zero-order chi connectivity index (χ0) is 16.4. The maximum atomic E-state index is 12.6. The van der Waals surface area contributed by atoms with Crippen LogP contribution >= 0.6 is 23.7 Å². The molecule has 1 N–H and O–H groups in total. The van der Waals surface area contributed by atoms with E-state index in [1.807, 2.05) is 4.90 Å². The van der Waals surface area contributed by atoms with Gasteiger partial charge in [0.1, 0.15) is 9.88 Å². The fraction of sp³-hybridized carbons (Fsp3) is 0.714. The highest BCUT2D eigenvalue weighted by atomic mass is 35.5. The summed E-state index contributed by atoms with van der Waals surface area (Å²) in [6.07, 6.45) is -1.53. The number of likely N-dealkylation sites (tertiary alicyclic amines) is 1. The Kier molecular flexibility index (Phi) is 6.46. The second-order valence-corrected chi connectivity index (χ2v) is 7.03. The minimum atomic E-state index is -4.33. The summed E-state index contributed by atoms with van der Waals surface area (Å²) in [6.45, 7) is 3.82. The molecule has 3 rings (SSSR count). The van der Waals surface area contributed by atoms with Crippen LogP contribution in [0.5, 0.6) is 0 Å². The normalized spacial score (nSPS) is 23.2. The number of nitrogens with one attached hydrogen (secondary N) is 1. The predicted molar refractivity (Wildman–Crippen MR) is 87.2 cm³/mol. The second kappa shape index (κ2) is 7.99. The van der Waals surface area contributed by atoms with Crippen LogP contribution < -0.4 is 5.32 Å². The van der Waals surface area contributed by atoms with Gasteiger partial charge in [0.2, 0.25) is 5.91 Å². The lowest BCUT2D eigenvalue weighted by Crippen LogP contribution is -2.56. The Morgan fingerprint density at radius 3 is 2.83 bits per heavy atom. The number of thiazole rings is 1. The van der Waals surface area contributed by atoms with Crippen molar-refractivity contribution in [2.45, 2.75) is 31.6 Å². The smallest absolute Gasteiger partial charge is 0.336 e. The van der Waals surface area contributed by atoms with Gasteiger partial charge in [0.05, 0.1) is 19.3 Å². The third-order valence-electron chi connectivity index (χ3n) is 4.24. The molecule has 5 nitrogen and oxygen atoms in total. The molecule has 3 heterocycles. The molecule has 1 aromatic rings. The van der Waals surface area contributed by atoms with Crippen LogP contribution in [-0.4, -0.2) is 59.5 Å². The van der Waals surface area contributed by atoms with Gasteiger partial charge in [-0.2, -0.15) is 13.2 Å². The SMILES string of the molecule is Cl.O=C1CNCCN1C1CCCN(Cc2ncc(C(F)(F)F)s2)C1. The van der Waals surface area contributed by atoms with Gasteiger partial charge in [-0.3, -0.25) is 9.69 Å². The van der Waals surface area contributed by atoms with Gasteiger partial charge < -0.3 is 10.2 Å². The number of piperazine rings is 1. The van der Waals surface area contributed by atoms with Crippen LogP contribution in [0, 0.1) is 0 Å². The Balaban J connectivity index is 0.00000208. The van der Waals surface area contributed by atoms with Crippen molar-refractivity contribution in [1.82, 2.24) is 20.1 Å². The quantitative estimate of drug-likeness (QED) is 0.865. The fourth-order valence-electron chi connectivity index (χ4n) is 3.14. The van der Waals surface area contributed by atoms with E-state index in [2.05, 4.69) is 15.2 Å². The first kappa shape index (κ1) is 19.4. The molecule has 0 radical (unpaired) electrons. The highest BCUT2D eigenvalue weighted by molar-refractivity contribution is 7.11. The van der Waals surface area contributed by atoms with Crippen molar-refractivity contribution in [1.29, 1.82) is 0 Å². The van der Waals surface area contributed by atoms with Gasteiger partial charge >= 0.3 is 6.18 Å². The number of hydrogen-bond donors (Lipinski definition) is 1. The molecule has 2 fully saturated rings. The van der Waals surface area contributed by atoms with Crippen LogP contribution in [-0.2, 0) is 17.5 Å². The molecule has 0 aromatic carbocycles. The van der Waals surface area contributed by atoms with Crippen molar-refractivity contribution in [2.75, 3.05) is 32.7 Å². The Hall–Kier alpha value is -0.900. The first-order valence-electron chi connectivity index (χ1n) is 7.68. The molecule has 2 saturated heterocycles. The number of carbonyl (C=O) groups is 1. The Morgan fingerprint density at radius 1 is 1.38 bits per heavy atom. The Bertz CT molecular complexity index is 568. The second-order valence-electron chi connectivity index (χ2n) is 5.91. The average Bonchev–Trinajstić information content (AvgIpc) is 2.97. The molecule has 1 atom stereocenters. The van der Waals surface area contributed by atoms with Crippen LogP contribution in [0.2, 0.25) is 0 Å². The molecular formula is C14H20ClF3N4OS. The topological polar surface area (TPSA) is 48.5 Å². The molecule has 10 heteroatoms. The average molecular weight is 385 g/mol. The molecular weight excluding hydrogens is 365 g/mol. The van der Waals surface area contributed by atoms with Crippen molar-refractivity contribution in [3.63, 3.8) is 0 Å². The Morgan fingerprint density at radius 2 is 2.17 bits per heavy atom. The van der Waals surface area contributed by atoms with E-state index in [1.54, 1.807) is 0 Å². The molecule has 24 heavy (non-hydrogen) atoms. The number of rotatable bonds is 3. The van der Waals surface area contributed by atoms with Crippen molar-refractivity contribution >= 4 is 29.7 Å². The molecule has 136 valence electrons. The van der Waals surface area contributed by atoms with Crippen LogP contribution in [0.3, 0.4) is 0 Å². The number of carbonyl (C=O) groups excluding carboxylic acids is 1. The lowest BCUT2D eigenvalue weighted by molar-refractivity contribution is -0.136. The third kappa shape index (κ3) is 4.59. The minimum absolute atomic E-state index is 0. The number of halogens is 4. The first-order valence-corrected chi connectivity index (χ1v) is 8.49. The largest absolute Gasteiger partial charge is 0.427 e. The van der Waals surface area contributed by atoms with Gasteiger partial charge in [0, 0.05) is 25.7 Å². The molecule has 1 amide bonds. The zero-order valence-electron chi connectivity index (χ0n) is 13.0. The van der Waals surface area contributed by atoms with Gasteiger partial charge in [0.25, 0.3) is 0 Å². The molecule has 0 bridgehead atoms. The number of piperidine rings is 1. The molecule has 1 unspecified atom stereocenters. The van der Waals surface area contributed by atoms with Crippen molar-refractivity contribution < 1.29 is 18.0 Å². The van der Waals surface area contributed by atoms with E-state index in [0.717, 1.165) is 32.1 Å². The highest BCUT2D eigenvalue weighted by Crippen LogP contribution is 2.33. The highest BCUT2D eigenvalue weighted by Gasteiger charge is 2.34. The van der Waals surface area contributed by atoms with E-state index in [0.29, 0.717) is 42.5 Å². The molecule has 0 aliphatic carbocycles. The predicted octanol–water partition coefficient (Wildman–Crippen LogP) is 1.98. The number of hydrogen-bond acceptors (Lipinski definition) is 5. The summed E-state index contributed by atoms with van der Waals surface area (Å²) in [5.74, 6) is 0.108. The summed E-state index contributed by atoms with van der Waals surface area (Å²) in [6, 6.07) is 0.153. The molecule has 0 saturated carbocycles. The van der Waals surface area contributed by atoms with E-state index in [1.165, 1.54) is 0 Å².